The molecule has 37 heavy (non-hydrogen) atoms. The summed E-state index contributed by atoms with van der Waals surface area (Å²) >= 11 is 12.0. The van der Waals surface area contributed by atoms with Gasteiger partial charge in [0.2, 0.25) is 0 Å². The van der Waals surface area contributed by atoms with Gasteiger partial charge >= 0.3 is 19.4 Å². The minimum absolute atomic E-state index is 0.107. The maximum atomic E-state index is 13.7. The van der Waals surface area contributed by atoms with E-state index in [0.717, 1.165) is 6.42 Å². The molecule has 3 rings (SSSR count). The first-order chi connectivity index (χ1) is 17.5. The first-order valence-corrected chi connectivity index (χ1v) is 14.1. The number of carbonyl (C=O) groups excluding carboxylic acids is 1. The zero-order valence-corrected chi connectivity index (χ0v) is 23.1. The van der Waals surface area contributed by atoms with Crippen molar-refractivity contribution in [2.24, 2.45) is 5.92 Å². The third-order valence-corrected chi connectivity index (χ3v) is 7.96. The topological polar surface area (TPSA) is 138 Å². The minimum Gasteiger partial charge on any atom is -0.465 e. The lowest BCUT2D eigenvalue weighted by molar-refractivity contribution is -0.145. The van der Waals surface area contributed by atoms with Crippen LogP contribution < -0.4 is 20.9 Å². The second-order valence-corrected chi connectivity index (χ2v) is 11.2. The number of benzene rings is 1. The second-order valence-electron chi connectivity index (χ2n) is 8.71. The lowest BCUT2D eigenvalue weighted by Gasteiger charge is -2.24. The molecular weight excluding hydrogens is 548 g/mol. The Morgan fingerprint density at radius 2 is 2.05 bits per heavy atom. The molecule has 0 amide bonds. The van der Waals surface area contributed by atoms with Gasteiger partial charge in [-0.2, -0.15) is 5.09 Å². The average Bonchev–Trinajstić information content (AvgIpc) is 3.20. The maximum absolute atomic E-state index is 13.7. The molecule has 11 nitrogen and oxygen atoms in total. The van der Waals surface area contributed by atoms with Gasteiger partial charge in [-0.3, -0.25) is 23.7 Å². The normalized spacial score (nSPS) is 21.8. The number of rotatable bonds is 12. The number of H-pyrrole nitrogens is 1. The van der Waals surface area contributed by atoms with Crippen molar-refractivity contribution >= 4 is 36.9 Å². The minimum atomic E-state index is -4.15. The molecule has 1 aromatic carbocycles. The molecule has 0 radical (unpaired) electrons. The van der Waals surface area contributed by atoms with Crippen LogP contribution in [0.15, 0.2) is 40.1 Å². The van der Waals surface area contributed by atoms with E-state index >= 15 is 0 Å². The first-order valence-electron chi connectivity index (χ1n) is 11.8. The highest BCUT2D eigenvalue weighted by molar-refractivity contribution is 7.52. The van der Waals surface area contributed by atoms with Crippen LogP contribution in [0, 0.1) is 5.92 Å². The van der Waals surface area contributed by atoms with Crippen LogP contribution in [0.2, 0.25) is 10.0 Å². The largest absolute Gasteiger partial charge is 0.465 e. The fourth-order valence-corrected chi connectivity index (χ4v) is 5.47. The molecule has 204 valence electrons. The average molecular weight is 578 g/mol. The lowest BCUT2D eigenvalue weighted by Crippen LogP contribution is -2.36. The van der Waals surface area contributed by atoms with Crippen LogP contribution >= 0.6 is 30.9 Å². The molecule has 1 saturated heterocycles. The zero-order chi connectivity index (χ0) is 27.2. The summed E-state index contributed by atoms with van der Waals surface area (Å²) in [6.45, 7) is 5.38. The van der Waals surface area contributed by atoms with E-state index in [1.807, 2.05) is 13.8 Å². The van der Waals surface area contributed by atoms with Gasteiger partial charge in [-0.15, -0.1) is 0 Å². The summed E-state index contributed by atoms with van der Waals surface area (Å²) in [6.07, 6.45) is 2.16. The van der Waals surface area contributed by atoms with Crippen LogP contribution in [0.25, 0.3) is 0 Å². The Morgan fingerprint density at radius 1 is 1.30 bits per heavy atom. The number of aromatic amines is 1. The van der Waals surface area contributed by atoms with Gasteiger partial charge in [0.1, 0.15) is 18.0 Å². The number of halogens is 2. The van der Waals surface area contributed by atoms with E-state index in [4.69, 9.17) is 41.7 Å². The summed E-state index contributed by atoms with van der Waals surface area (Å²) in [4.78, 5) is 38.1. The molecule has 14 heteroatoms. The fourth-order valence-electron chi connectivity index (χ4n) is 3.67. The first kappa shape index (κ1) is 29.4. The highest BCUT2D eigenvalue weighted by Gasteiger charge is 2.38. The summed E-state index contributed by atoms with van der Waals surface area (Å²) in [6, 6.07) is 4.52. The van der Waals surface area contributed by atoms with Gasteiger partial charge in [-0.1, -0.05) is 43.5 Å². The Hall–Kier alpha value is -2.14. The van der Waals surface area contributed by atoms with Crippen LogP contribution in [0.1, 0.15) is 46.3 Å². The van der Waals surface area contributed by atoms with Crippen molar-refractivity contribution in [1.29, 1.82) is 0 Å². The number of nitrogens with zero attached hydrogens (tertiary/aromatic N) is 1. The van der Waals surface area contributed by atoms with Crippen molar-refractivity contribution in [3.63, 3.8) is 0 Å². The monoisotopic (exact) mass is 577 g/mol. The van der Waals surface area contributed by atoms with Crippen molar-refractivity contribution in [3.8, 4) is 5.75 Å². The van der Waals surface area contributed by atoms with Crippen molar-refractivity contribution in [2.75, 3.05) is 13.2 Å². The van der Waals surface area contributed by atoms with Crippen molar-refractivity contribution in [3.05, 3.63) is 61.3 Å². The standard InChI is InChI=1S/C23H30Cl2N3O8P/c1-4-5-10-33-22(30)15(3)27-37(32,36-16-6-7-18(24)19(25)12-16)34-13-17-11-14(2)21(35-17)28-9-8-20(29)26-23(28)31/h6-9,12,14-15,17,21H,4-5,10-11,13H2,1-3H3,(H,27,32)(H,26,29,31). The predicted molar refractivity (Wildman–Crippen MR) is 138 cm³/mol. The molecule has 1 aromatic heterocycles. The maximum Gasteiger partial charge on any atom is 0.459 e. The van der Waals surface area contributed by atoms with E-state index < -0.39 is 43.3 Å². The van der Waals surface area contributed by atoms with E-state index in [9.17, 15) is 18.9 Å². The Morgan fingerprint density at radius 3 is 2.73 bits per heavy atom. The molecule has 0 spiro atoms. The summed E-state index contributed by atoms with van der Waals surface area (Å²) in [5.41, 5.74) is -1.11. The van der Waals surface area contributed by atoms with Gasteiger partial charge in [0.15, 0.2) is 0 Å². The van der Waals surface area contributed by atoms with E-state index in [1.165, 1.54) is 42.0 Å². The molecule has 1 fully saturated rings. The van der Waals surface area contributed by atoms with Crippen LogP contribution in [-0.2, 0) is 23.4 Å². The third kappa shape index (κ3) is 8.17. The molecule has 1 aliphatic heterocycles. The predicted octanol–water partition coefficient (Wildman–Crippen LogP) is 4.29. The van der Waals surface area contributed by atoms with Gasteiger partial charge in [0.25, 0.3) is 5.56 Å². The molecule has 0 saturated carbocycles. The van der Waals surface area contributed by atoms with Crippen LogP contribution in [0.5, 0.6) is 5.75 Å². The van der Waals surface area contributed by atoms with Crippen molar-refractivity contribution in [1.82, 2.24) is 14.6 Å². The lowest BCUT2D eigenvalue weighted by atomic mass is 10.1. The van der Waals surface area contributed by atoms with Gasteiger partial charge in [-0.25, -0.2) is 9.36 Å². The van der Waals surface area contributed by atoms with Crippen LogP contribution in [-0.4, -0.2) is 40.9 Å². The molecule has 0 aliphatic carbocycles. The molecule has 2 heterocycles. The van der Waals surface area contributed by atoms with E-state index in [2.05, 4.69) is 10.1 Å². The Kier molecular flexibility index (Phi) is 10.4. The van der Waals surface area contributed by atoms with Gasteiger partial charge < -0.3 is 14.0 Å². The summed E-state index contributed by atoms with van der Waals surface area (Å²) in [5, 5.41) is 3.07. The Bertz CT molecular complexity index is 1250. The molecule has 2 N–H and O–H groups in total. The van der Waals surface area contributed by atoms with Gasteiger partial charge in [-0.05, 0) is 31.9 Å². The fraction of sp³-hybridized carbons (Fsp3) is 0.522. The van der Waals surface area contributed by atoms with E-state index in [-0.39, 0.29) is 34.9 Å². The summed E-state index contributed by atoms with van der Waals surface area (Å²) < 4.78 is 37.5. The number of aromatic nitrogens is 2. The molecular formula is C23H30Cl2N3O8P. The number of unbranched alkanes of at least 4 members (excludes halogenated alkanes) is 1. The highest BCUT2D eigenvalue weighted by Crippen LogP contribution is 2.47. The number of hydrogen-bond acceptors (Lipinski definition) is 8. The van der Waals surface area contributed by atoms with Crippen molar-refractivity contribution in [2.45, 2.75) is 58.4 Å². The molecule has 1 aliphatic rings. The number of nitrogens with one attached hydrogen (secondary N) is 2. The van der Waals surface area contributed by atoms with Crippen molar-refractivity contribution < 1.29 is 27.9 Å². The molecule has 0 bridgehead atoms. The third-order valence-electron chi connectivity index (χ3n) is 5.57. The molecule has 5 atom stereocenters. The Labute approximate surface area is 223 Å². The smallest absolute Gasteiger partial charge is 0.459 e. The summed E-state index contributed by atoms with van der Waals surface area (Å²) in [5.74, 6) is -0.624. The van der Waals surface area contributed by atoms with Gasteiger partial charge in [0, 0.05) is 24.2 Å². The number of carbonyl (C=O) groups is 1. The molecule has 2 aromatic rings. The van der Waals surface area contributed by atoms with Crippen LogP contribution in [0.3, 0.4) is 0 Å². The van der Waals surface area contributed by atoms with E-state index in [1.54, 1.807) is 0 Å². The Balaban J connectivity index is 1.72. The number of esters is 1. The zero-order valence-electron chi connectivity index (χ0n) is 20.6. The second kappa shape index (κ2) is 13.1. The van der Waals surface area contributed by atoms with E-state index in [0.29, 0.717) is 12.8 Å². The molecule has 5 unspecified atom stereocenters. The number of ether oxygens (including phenoxy) is 2. The summed E-state index contributed by atoms with van der Waals surface area (Å²) in [7, 11) is -4.15. The van der Waals surface area contributed by atoms with Gasteiger partial charge in [0.05, 0.1) is 29.4 Å². The highest BCUT2D eigenvalue weighted by atomic mass is 35.5. The van der Waals surface area contributed by atoms with Crippen LogP contribution in [0.4, 0.5) is 0 Å². The SMILES string of the molecule is CCCCOC(=O)C(C)NP(=O)(OCC1CC(C)C(n2ccc(=O)[nH]c2=O)O1)Oc1ccc(Cl)c(Cl)c1. The number of hydrogen-bond donors (Lipinski definition) is 2. The quantitative estimate of drug-likeness (QED) is 0.215.